The van der Waals surface area contributed by atoms with Gasteiger partial charge in [0.1, 0.15) is 0 Å². The molecule has 0 amide bonds. The predicted molar refractivity (Wildman–Crippen MR) is 86.1 cm³/mol. The number of likely N-dealkylation sites (N-methyl/N-ethyl adjacent to an activating group) is 1. The van der Waals surface area contributed by atoms with Crippen molar-refractivity contribution < 1.29 is 4.74 Å². The van der Waals surface area contributed by atoms with Crippen molar-refractivity contribution in [3.8, 4) is 0 Å². The molecule has 0 N–H and O–H groups in total. The lowest BCUT2D eigenvalue weighted by Gasteiger charge is -2.37. The quantitative estimate of drug-likeness (QED) is 0.802. The van der Waals surface area contributed by atoms with Crippen molar-refractivity contribution in [1.82, 2.24) is 30.0 Å². The summed E-state index contributed by atoms with van der Waals surface area (Å²) in [5.41, 5.74) is 0. The van der Waals surface area contributed by atoms with E-state index in [0.29, 0.717) is 6.04 Å². The molecule has 3 heterocycles. The smallest absolute Gasteiger partial charge is 0.168 e. The molecule has 2 atom stereocenters. The minimum Gasteiger partial charge on any atom is -0.376 e. The van der Waals surface area contributed by atoms with Crippen molar-refractivity contribution in [2.45, 2.75) is 44.9 Å². The highest BCUT2D eigenvalue weighted by Crippen LogP contribution is 2.24. The maximum absolute atomic E-state index is 5.72. The second kappa shape index (κ2) is 8.19. The molecule has 2 aliphatic heterocycles. The maximum Gasteiger partial charge on any atom is 0.168 e. The number of ether oxygens (including phenoxy) is 1. The molecule has 3 rings (SSSR count). The average molecular weight is 331 g/mol. The third kappa shape index (κ3) is 3.95. The number of hydrogen-bond donors (Lipinski definition) is 0. The van der Waals surface area contributed by atoms with Gasteiger partial charge in [0.2, 0.25) is 0 Å². The van der Waals surface area contributed by atoms with Crippen molar-refractivity contribution in [2.24, 2.45) is 0 Å². The van der Waals surface area contributed by atoms with Crippen molar-refractivity contribution in [1.29, 1.82) is 0 Å². The lowest BCUT2D eigenvalue weighted by Crippen LogP contribution is -2.46. The monoisotopic (exact) mass is 330 g/mol. The lowest BCUT2D eigenvalue weighted by molar-refractivity contribution is 0.0829. The highest BCUT2D eigenvalue weighted by molar-refractivity contribution is 5.85. The van der Waals surface area contributed by atoms with E-state index in [4.69, 9.17) is 4.74 Å². The number of nitrogens with zero attached hydrogens (tertiary/aromatic N) is 6. The molecule has 0 aliphatic carbocycles. The fourth-order valence-electron chi connectivity index (χ4n) is 3.30. The van der Waals surface area contributed by atoms with Gasteiger partial charge in [-0.3, -0.25) is 4.90 Å². The van der Waals surface area contributed by atoms with Gasteiger partial charge in [0.05, 0.1) is 18.7 Å². The first-order chi connectivity index (χ1) is 10.3. The Morgan fingerprint density at radius 1 is 1.27 bits per heavy atom. The summed E-state index contributed by atoms with van der Waals surface area (Å²) in [5, 5.41) is 12.4. The molecule has 0 spiro atoms. The molecule has 2 saturated heterocycles. The van der Waals surface area contributed by atoms with Crippen LogP contribution >= 0.6 is 12.4 Å². The zero-order valence-electron chi connectivity index (χ0n) is 13.5. The molecule has 126 valence electrons. The Balaban J connectivity index is 0.00000176. The molecule has 1 aromatic heterocycles. The maximum atomic E-state index is 5.72. The fourth-order valence-corrected chi connectivity index (χ4v) is 3.30. The molecule has 0 saturated carbocycles. The van der Waals surface area contributed by atoms with Crippen LogP contribution in [-0.4, -0.2) is 75.9 Å². The first-order valence-electron chi connectivity index (χ1n) is 8.08. The van der Waals surface area contributed by atoms with Crippen LogP contribution < -0.4 is 0 Å². The molecule has 0 bridgehead atoms. The van der Waals surface area contributed by atoms with Crippen LogP contribution in [-0.2, 0) is 11.3 Å². The third-order valence-corrected chi connectivity index (χ3v) is 4.62. The number of hydrogen-bond acceptors (Lipinski definition) is 6. The van der Waals surface area contributed by atoms with Gasteiger partial charge in [0.25, 0.3) is 0 Å². The van der Waals surface area contributed by atoms with Crippen LogP contribution in [0.15, 0.2) is 0 Å². The average Bonchev–Trinajstić information content (AvgIpc) is 3.15. The molecular weight excluding hydrogens is 304 g/mol. The molecule has 2 unspecified atom stereocenters. The van der Waals surface area contributed by atoms with E-state index in [9.17, 15) is 0 Å². The van der Waals surface area contributed by atoms with Gasteiger partial charge >= 0.3 is 0 Å². The van der Waals surface area contributed by atoms with Gasteiger partial charge < -0.3 is 9.64 Å². The summed E-state index contributed by atoms with van der Waals surface area (Å²) >= 11 is 0. The van der Waals surface area contributed by atoms with E-state index in [1.807, 2.05) is 4.68 Å². The second-order valence-corrected chi connectivity index (χ2v) is 6.12. The summed E-state index contributed by atoms with van der Waals surface area (Å²) in [6.07, 6.45) is 3.58. The van der Waals surface area contributed by atoms with Gasteiger partial charge in [-0.25, -0.2) is 4.68 Å². The summed E-state index contributed by atoms with van der Waals surface area (Å²) in [6.45, 7) is 8.27. The van der Waals surface area contributed by atoms with E-state index in [-0.39, 0.29) is 18.5 Å². The van der Waals surface area contributed by atoms with Crippen molar-refractivity contribution in [3.05, 3.63) is 5.82 Å². The number of rotatable bonds is 5. The van der Waals surface area contributed by atoms with Crippen LogP contribution in [0.2, 0.25) is 0 Å². The van der Waals surface area contributed by atoms with Gasteiger partial charge in [0.15, 0.2) is 5.82 Å². The van der Waals surface area contributed by atoms with Gasteiger partial charge in [-0.2, -0.15) is 0 Å². The Kier molecular flexibility index (Phi) is 6.55. The Hall–Kier alpha value is -0.760. The predicted octanol–water partition coefficient (Wildman–Crippen LogP) is 0.972. The van der Waals surface area contributed by atoms with Gasteiger partial charge in [-0.1, -0.05) is 6.92 Å². The number of tetrazole rings is 1. The Morgan fingerprint density at radius 2 is 2.05 bits per heavy atom. The normalized spacial score (nSPS) is 25.1. The largest absolute Gasteiger partial charge is 0.376 e. The summed E-state index contributed by atoms with van der Waals surface area (Å²) in [4.78, 5) is 4.89. The van der Waals surface area contributed by atoms with E-state index in [2.05, 4.69) is 39.3 Å². The SMILES string of the molecule is CCC(c1nnnn1CC1CCCO1)N1CCN(C)CC1.Cl. The van der Waals surface area contributed by atoms with Crippen LogP contribution in [0.1, 0.15) is 38.1 Å². The first-order valence-corrected chi connectivity index (χ1v) is 8.08. The van der Waals surface area contributed by atoms with E-state index in [0.717, 1.165) is 64.4 Å². The number of halogens is 1. The first kappa shape index (κ1) is 17.6. The topological polar surface area (TPSA) is 59.3 Å². The summed E-state index contributed by atoms with van der Waals surface area (Å²) in [6, 6.07) is 0.315. The van der Waals surface area contributed by atoms with Gasteiger partial charge in [0, 0.05) is 32.8 Å². The van der Waals surface area contributed by atoms with Crippen molar-refractivity contribution >= 4 is 12.4 Å². The minimum atomic E-state index is 0. The molecule has 2 fully saturated rings. The molecule has 8 heteroatoms. The van der Waals surface area contributed by atoms with E-state index in [1.165, 1.54) is 0 Å². The molecule has 0 aromatic carbocycles. The number of aromatic nitrogens is 4. The van der Waals surface area contributed by atoms with Crippen LogP contribution in [0.5, 0.6) is 0 Å². The van der Waals surface area contributed by atoms with Crippen LogP contribution in [0, 0.1) is 0 Å². The molecule has 7 nitrogen and oxygen atoms in total. The Bertz CT molecular complexity index is 442. The van der Waals surface area contributed by atoms with Crippen LogP contribution in [0.3, 0.4) is 0 Å². The summed E-state index contributed by atoms with van der Waals surface area (Å²) < 4.78 is 7.68. The van der Waals surface area contributed by atoms with Crippen molar-refractivity contribution in [3.63, 3.8) is 0 Å². The highest BCUT2D eigenvalue weighted by atomic mass is 35.5. The van der Waals surface area contributed by atoms with Crippen molar-refractivity contribution in [2.75, 3.05) is 39.8 Å². The van der Waals surface area contributed by atoms with Gasteiger partial charge in [-0.05, 0) is 36.7 Å². The molecular formula is C14H27ClN6O. The minimum absolute atomic E-state index is 0. The Labute approximate surface area is 138 Å². The highest BCUT2D eigenvalue weighted by Gasteiger charge is 2.28. The molecule has 22 heavy (non-hydrogen) atoms. The second-order valence-electron chi connectivity index (χ2n) is 6.12. The zero-order chi connectivity index (χ0) is 14.7. The Morgan fingerprint density at radius 3 is 2.68 bits per heavy atom. The number of piperazine rings is 1. The lowest BCUT2D eigenvalue weighted by atomic mass is 10.1. The molecule has 2 aliphatic rings. The zero-order valence-corrected chi connectivity index (χ0v) is 14.3. The standard InChI is InChI=1S/C14H26N6O.ClH/c1-3-13(19-8-6-18(2)7-9-19)14-15-16-17-20(14)11-12-5-4-10-21-12;/h12-13H,3-11H2,1-2H3;1H. The third-order valence-electron chi connectivity index (χ3n) is 4.62. The molecule has 0 radical (unpaired) electrons. The van der Waals surface area contributed by atoms with E-state index in [1.54, 1.807) is 0 Å². The fraction of sp³-hybridized carbons (Fsp3) is 0.929. The van der Waals surface area contributed by atoms with E-state index >= 15 is 0 Å². The van der Waals surface area contributed by atoms with Gasteiger partial charge in [-0.15, -0.1) is 17.5 Å². The summed E-state index contributed by atoms with van der Waals surface area (Å²) in [5.74, 6) is 0.998. The van der Waals surface area contributed by atoms with E-state index < -0.39 is 0 Å². The molecule has 1 aromatic rings. The summed E-state index contributed by atoms with van der Waals surface area (Å²) in [7, 11) is 2.18. The van der Waals surface area contributed by atoms with Crippen LogP contribution in [0.25, 0.3) is 0 Å². The van der Waals surface area contributed by atoms with Crippen LogP contribution in [0.4, 0.5) is 0 Å².